The molecule has 3 heterocycles. The molecule has 0 radical (unpaired) electrons. The van der Waals surface area contributed by atoms with Crippen LogP contribution in [0.2, 0.25) is 0 Å². The van der Waals surface area contributed by atoms with Crippen LogP contribution >= 0.6 is 11.3 Å². The first kappa shape index (κ1) is 21.8. The Balaban J connectivity index is 1.58. The van der Waals surface area contributed by atoms with Gasteiger partial charge in [0.15, 0.2) is 11.6 Å². The molecule has 4 aromatic rings. The van der Waals surface area contributed by atoms with Gasteiger partial charge >= 0.3 is 5.69 Å². The van der Waals surface area contributed by atoms with Crippen LogP contribution in [0.5, 0.6) is 10.8 Å². The summed E-state index contributed by atoms with van der Waals surface area (Å²) in [7, 11) is 0. The van der Waals surface area contributed by atoms with Gasteiger partial charge in [0.25, 0.3) is 0 Å². The minimum absolute atomic E-state index is 0.0145. The van der Waals surface area contributed by atoms with Crippen LogP contribution in [0.4, 0.5) is 4.39 Å². The Bertz CT molecular complexity index is 1340. The molecule has 0 fully saturated rings. The Labute approximate surface area is 187 Å². The highest BCUT2D eigenvalue weighted by molar-refractivity contribution is 7.13. The zero-order chi connectivity index (χ0) is 23.0. The first-order valence-electron chi connectivity index (χ1n) is 9.86. The van der Waals surface area contributed by atoms with Crippen molar-refractivity contribution in [2.24, 2.45) is 0 Å². The second kappa shape index (κ2) is 8.29. The third kappa shape index (κ3) is 4.32. The lowest BCUT2D eigenvalue weighted by molar-refractivity contribution is 0.0781. The molecule has 0 unspecified atom stereocenters. The number of aliphatic hydroxyl groups is 1. The monoisotopic (exact) mass is 455 g/mol. The fourth-order valence-corrected chi connectivity index (χ4v) is 3.94. The van der Waals surface area contributed by atoms with Gasteiger partial charge in [-0.3, -0.25) is 9.55 Å². The molecule has 0 aliphatic heterocycles. The molecule has 4 rings (SSSR count). The lowest BCUT2D eigenvalue weighted by Crippen LogP contribution is -2.24. The second-order valence-electron chi connectivity index (χ2n) is 7.89. The van der Waals surface area contributed by atoms with Crippen molar-refractivity contribution in [2.45, 2.75) is 39.8 Å². The highest BCUT2D eigenvalue weighted by atomic mass is 32.1. The minimum Gasteiger partial charge on any atom is -0.442 e. The standard InChI is InChI=1S/C22H22FN5O3S/c1-13-6-5-9-24-17(13)11-27-12-25-28(21(27)29)15-7-8-18(16(23)10-15)31-19-14(2)26-20(32-19)22(3,4)30/h5-10,12,30H,11H2,1-4H3. The normalized spacial score (nSPS) is 11.7. The summed E-state index contributed by atoms with van der Waals surface area (Å²) in [4.78, 5) is 21.3. The number of pyridine rings is 1. The maximum absolute atomic E-state index is 14.8. The third-order valence-electron chi connectivity index (χ3n) is 4.81. The predicted octanol–water partition coefficient (Wildman–Crippen LogP) is 3.71. The molecule has 8 nitrogen and oxygen atoms in total. The van der Waals surface area contributed by atoms with Gasteiger partial charge in [0.05, 0.1) is 23.6 Å². The molecule has 0 saturated carbocycles. The van der Waals surface area contributed by atoms with Crippen molar-refractivity contribution in [1.82, 2.24) is 24.3 Å². The number of aromatic nitrogens is 5. The smallest absolute Gasteiger partial charge is 0.350 e. The van der Waals surface area contributed by atoms with Crippen molar-refractivity contribution in [3.05, 3.63) is 81.1 Å². The zero-order valence-corrected chi connectivity index (χ0v) is 18.9. The minimum atomic E-state index is -1.12. The molecule has 0 bridgehead atoms. The van der Waals surface area contributed by atoms with Gasteiger partial charge in [-0.05, 0) is 51.5 Å². The summed E-state index contributed by atoms with van der Waals surface area (Å²) in [6, 6.07) is 7.92. The molecule has 0 saturated heterocycles. The first-order chi connectivity index (χ1) is 15.1. The van der Waals surface area contributed by atoms with E-state index < -0.39 is 17.1 Å². The summed E-state index contributed by atoms with van der Waals surface area (Å²) in [5.41, 5.74) is 1.02. The number of rotatable bonds is 6. The highest BCUT2D eigenvalue weighted by Crippen LogP contribution is 2.36. The van der Waals surface area contributed by atoms with Gasteiger partial charge in [0.1, 0.15) is 16.9 Å². The number of aryl methyl sites for hydroxylation is 2. The maximum Gasteiger partial charge on any atom is 0.350 e. The van der Waals surface area contributed by atoms with E-state index in [1.54, 1.807) is 33.0 Å². The molecule has 166 valence electrons. The number of hydrogen-bond donors (Lipinski definition) is 1. The van der Waals surface area contributed by atoms with E-state index in [0.717, 1.165) is 27.3 Å². The van der Waals surface area contributed by atoms with E-state index in [1.807, 2.05) is 19.1 Å². The van der Waals surface area contributed by atoms with Crippen molar-refractivity contribution < 1.29 is 14.2 Å². The molecule has 0 aliphatic carbocycles. The lowest BCUT2D eigenvalue weighted by atomic mass is 10.2. The summed E-state index contributed by atoms with van der Waals surface area (Å²) in [6.07, 6.45) is 3.07. The van der Waals surface area contributed by atoms with Crippen LogP contribution in [-0.2, 0) is 12.1 Å². The van der Waals surface area contributed by atoms with E-state index in [9.17, 15) is 14.3 Å². The molecule has 0 aliphatic rings. The lowest BCUT2D eigenvalue weighted by Gasteiger charge is -2.12. The van der Waals surface area contributed by atoms with Crippen LogP contribution < -0.4 is 10.4 Å². The van der Waals surface area contributed by atoms with Crippen LogP contribution in [-0.4, -0.2) is 29.4 Å². The van der Waals surface area contributed by atoms with Gasteiger partial charge in [0, 0.05) is 12.3 Å². The Morgan fingerprint density at radius 3 is 2.69 bits per heavy atom. The van der Waals surface area contributed by atoms with Crippen LogP contribution in [0, 0.1) is 19.7 Å². The van der Waals surface area contributed by atoms with E-state index in [4.69, 9.17) is 4.74 Å². The third-order valence-corrected chi connectivity index (χ3v) is 6.16. The SMILES string of the molecule is Cc1cccnc1Cn1cnn(-c2ccc(Oc3sc(C(C)(C)O)nc3C)c(F)c2)c1=O. The van der Waals surface area contributed by atoms with E-state index in [2.05, 4.69) is 15.1 Å². The van der Waals surface area contributed by atoms with Gasteiger partial charge in [0.2, 0.25) is 5.06 Å². The molecule has 32 heavy (non-hydrogen) atoms. The predicted molar refractivity (Wildman–Crippen MR) is 118 cm³/mol. The summed E-state index contributed by atoms with van der Waals surface area (Å²) in [5.74, 6) is -0.665. The van der Waals surface area contributed by atoms with Crippen molar-refractivity contribution in [3.63, 3.8) is 0 Å². The van der Waals surface area contributed by atoms with Gasteiger partial charge < -0.3 is 9.84 Å². The average Bonchev–Trinajstić information content (AvgIpc) is 3.28. The number of benzene rings is 1. The molecular formula is C22H22FN5O3S. The van der Waals surface area contributed by atoms with Crippen molar-refractivity contribution in [1.29, 1.82) is 0 Å². The number of hydrogen-bond acceptors (Lipinski definition) is 7. The van der Waals surface area contributed by atoms with Gasteiger partial charge in [-0.15, -0.1) is 0 Å². The second-order valence-corrected chi connectivity index (χ2v) is 8.85. The summed E-state index contributed by atoms with van der Waals surface area (Å²) < 4.78 is 23.0. The molecule has 0 amide bonds. The van der Waals surface area contributed by atoms with Crippen molar-refractivity contribution >= 4 is 11.3 Å². The van der Waals surface area contributed by atoms with E-state index in [1.165, 1.54) is 23.0 Å². The first-order valence-corrected chi connectivity index (χ1v) is 10.7. The zero-order valence-electron chi connectivity index (χ0n) is 18.0. The number of thiazole rings is 1. The largest absolute Gasteiger partial charge is 0.442 e. The molecule has 10 heteroatoms. The number of ether oxygens (including phenoxy) is 1. The number of nitrogens with zero attached hydrogens (tertiary/aromatic N) is 5. The van der Waals surface area contributed by atoms with Gasteiger partial charge in [-0.2, -0.15) is 9.78 Å². The van der Waals surface area contributed by atoms with E-state index in [-0.39, 0.29) is 18.0 Å². The Morgan fingerprint density at radius 2 is 2.03 bits per heavy atom. The maximum atomic E-state index is 14.8. The fourth-order valence-electron chi connectivity index (χ4n) is 3.01. The summed E-state index contributed by atoms with van der Waals surface area (Å²) in [5, 5.41) is 15.1. The van der Waals surface area contributed by atoms with Crippen molar-refractivity contribution in [2.75, 3.05) is 0 Å². The molecular weight excluding hydrogens is 433 g/mol. The van der Waals surface area contributed by atoms with Gasteiger partial charge in [-0.1, -0.05) is 17.4 Å². The molecule has 0 atom stereocenters. The van der Waals surface area contributed by atoms with Crippen molar-refractivity contribution in [3.8, 4) is 16.5 Å². The average molecular weight is 456 g/mol. The highest BCUT2D eigenvalue weighted by Gasteiger charge is 2.23. The van der Waals surface area contributed by atoms with E-state index in [0.29, 0.717) is 15.8 Å². The molecule has 1 N–H and O–H groups in total. The van der Waals surface area contributed by atoms with Crippen LogP contribution in [0.3, 0.4) is 0 Å². The molecule has 3 aromatic heterocycles. The Kier molecular flexibility index (Phi) is 5.66. The topological polar surface area (TPSA) is 95.1 Å². The quantitative estimate of drug-likeness (QED) is 0.476. The Hall–Kier alpha value is -3.37. The molecule has 1 aromatic carbocycles. The van der Waals surface area contributed by atoms with Gasteiger partial charge in [-0.25, -0.2) is 14.2 Å². The van der Waals surface area contributed by atoms with Crippen LogP contribution in [0.15, 0.2) is 47.7 Å². The summed E-state index contributed by atoms with van der Waals surface area (Å²) in [6.45, 7) is 7.15. The van der Waals surface area contributed by atoms with Crippen LogP contribution in [0.1, 0.15) is 35.8 Å². The fraction of sp³-hybridized carbons (Fsp3) is 0.273. The van der Waals surface area contributed by atoms with Crippen LogP contribution in [0.25, 0.3) is 5.69 Å². The Morgan fingerprint density at radius 1 is 1.25 bits per heavy atom. The summed E-state index contributed by atoms with van der Waals surface area (Å²) >= 11 is 1.15. The molecule has 0 spiro atoms. The number of halogens is 1. The van der Waals surface area contributed by atoms with E-state index >= 15 is 0 Å².